The summed E-state index contributed by atoms with van der Waals surface area (Å²) in [5, 5.41) is 0. The van der Waals surface area contributed by atoms with Gasteiger partial charge in [0.1, 0.15) is 18.2 Å². The third-order valence-corrected chi connectivity index (χ3v) is 4.07. The van der Waals surface area contributed by atoms with Gasteiger partial charge in [0.05, 0.1) is 5.54 Å². The van der Waals surface area contributed by atoms with Gasteiger partial charge in [-0.05, 0) is 48.2 Å². The number of ether oxygens (including phenoxy) is 1. The summed E-state index contributed by atoms with van der Waals surface area (Å²) < 4.78 is 20.5. The Morgan fingerprint density at radius 2 is 2.05 bits per heavy atom. The maximum Gasteiger partial charge on any atom is 0.126 e. The van der Waals surface area contributed by atoms with Gasteiger partial charge in [-0.1, -0.05) is 34.1 Å². The van der Waals surface area contributed by atoms with Crippen LogP contribution in [0.1, 0.15) is 11.1 Å². The Bertz CT molecular complexity index is 646. The van der Waals surface area contributed by atoms with Crippen molar-refractivity contribution >= 4 is 15.9 Å². The van der Waals surface area contributed by atoms with Gasteiger partial charge in [-0.2, -0.15) is 0 Å². The normalized spacial score (nSPS) is 21.1. The molecule has 0 radical (unpaired) electrons. The molecule has 0 aliphatic carbocycles. The lowest BCUT2D eigenvalue weighted by atomic mass is 9.84. The second-order valence-electron chi connectivity index (χ2n) is 5.35. The molecule has 1 aliphatic heterocycles. The van der Waals surface area contributed by atoms with Crippen LogP contribution in [0.25, 0.3) is 0 Å². The summed E-state index contributed by atoms with van der Waals surface area (Å²) in [6.07, 6.45) is 1.14. The fraction of sp³-hybridized carbons (Fsp3) is 0.250. The van der Waals surface area contributed by atoms with Crippen LogP contribution in [0.2, 0.25) is 0 Å². The predicted molar refractivity (Wildman–Crippen MR) is 80.4 cm³/mol. The first-order chi connectivity index (χ1) is 9.56. The minimum Gasteiger partial charge on any atom is -0.491 e. The van der Waals surface area contributed by atoms with Gasteiger partial charge in [-0.15, -0.1) is 0 Å². The topological polar surface area (TPSA) is 35.2 Å². The lowest BCUT2D eigenvalue weighted by Crippen LogP contribution is -2.51. The second kappa shape index (κ2) is 5.19. The van der Waals surface area contributed by atoms with Gasteiger partial charge in [-0.3, -0.25) is 0 Å². The van der Waals surface area contributed by atoms with Crippen LogP contribution >= 0.6 is 15.9 Å². The van der Waals surface area contributed by atoms with Crippen LogP contribution in [0.3, 0.4) is 0 Å². The highest BCUT2D eigenvalue weighted by Crippen LogP contribution is 2.30. The number of hydrogen-bond donors (Lipinski definition) is 1. The van der Waals surface area contributed by atoms with Gasteiger partial charge in [0.2, 0.25) is 0 Å². The summed E-state index contributed by atoms with van der Waals surface area (Å²) in [4.78, 5) is 0. The highest BCUT2D eigenvalue weighted by atomic mass is 79.9. The first-order valence-corrected chi connectivity index (χ1v) is 7.29. The maximum atomic E-state index is 13.9. The van der Waals surface area contributed by atoms with Gasteiger partial charge in [0.25, 0.3) is 0 Å². The van der Waals surface area contributed by atoms with E-state index in [0.717, 1.165) is 15.8 Å². The average Bonchev–Trinajstić information content (AvgIpc) is 2.42. The predicted octanol–water partition coefficient (Wildman–Crippen LogP) is 3.46. The van der Waals surface area contributed by atoms with E-state index in [4.69, 9.17) is 10.5 Å². The number of fused-ring (bicyclic) bond motifs is 1. The van der Waals surface area contributed by atoms with E-state index >= 15 is 0 Å². The van der Waals surface area contributed by atoms with Gasteiger partial charge in [0.15, 0.2) is 0 Å². The standard InChI is InChI=1S/C16H15BrFNO/c17-13-5-6-14(18)12(7-13)9-16(19)8-11-3-1-2-4-15(11)20-10-16/h1-7H,8-10,19H2. The summed E-state index contributed by atoms with van der Waals surface area (Å²) in [6.45, 7) is 0.399. The van der Waals surface area contributed by atoms with Crippen molar-refractivity contribution in [3.05, 3.63) is 63.9 Å². The molecule has 0 fully saturated rings. The maximum absolute atomic E-state index is 13.9. The first kappa shape index (κ1) is 13.6. The lowest BCUT2D eigenvalue weighted by Gasteiger charge is -2.35. The number of benzene rings is 2. The highest BCUT2D eigenvalue weighted by molar-refractivity contribution is 9.10. The molecular formula is C16H15BrFNO. The SMILES string of the molecule is NC1(Cc2cc(Br)ccc2F)COc2ccccc2C1. The molecule has 1 aliphatic rings. The molecule has 0 amide bonds. The van der Waals surface area contributed by atoms with Crippen LogP contribution < -0.4 is 10.5 Å². The molecule has 3 rings (SSSR count). The van der Waals surface area contributed by atoms with Gasteiger partial charge in [-0.25, -0.2) is 4.39 Å². The molecule has 0 aromatic heterocycles. The number of nitrogens with two attached hydrogens (primary N) is 1. The van der Waals surface area contributed by atoms with E-state index < -0.39 is 5.54 Å². The minimum absolute atomic E-state index is 0.225. The van der Waals surface area contributed by atoms with Crippen molar-refractivity contribution in [1.82, 2.24) is 0 Å². The number of para-hydroxylation sites is 1. The summed E-state index contributed by atoms with van der Waals surface area (Å²) in [6, 6.07) is 12.8. The molecule has 2 nitrogen and oxygen atoms in total. The van der Waals surface area contributed by atoms with Crippen molar-refractivity contribution in [2.45, 2.75) is 18.4 Å². The van der Waals surface area contributed by atoms with E-state index in [1.165, 1.54) is 6.07 Å². The molecule has 0 saturated carbocycles. The molecule has 104 valence electrons. The zero-order chi connectivity index (χ0) is 14.2. The van der Waals surface area contributed by atoms with Gasteiger partial charge < -0.3 is 10.5 Å². The number of rotatable bonds is 2. The smallest absolute Gasteiger partial charge is 0.126 e. The van der Waals surface area contributed by atoms with Crippen LogP contribution in [-0.2, 0) is 12.8 Å². The summed E-state index contributed by atoms with van der Waals surface area (Å²) in [5.74, 6) is 0.653. The average molecular weight is 336 g/mol. The van der Waals surface area contributed by atoms with E-state index in [1.807, 2.05) is 24.3 Å². The molecule has 2 N–H and O–H groups in total. The van der Waals surface area contributed by atoms with Gasteiger partial charge >= 0.3 is 0 Å². The quantitative estimate of drug-likeness (QED) is 0.912. The van der Waals surface area contributed by atoms with Crippen LogP contribution in [0, 0.1) is 5.82 Å². The van der Waals surface area contributed by atoms with Crippen LogP contribution in [0.15, 0.2) is 46.9 Å². The summed E-state index contributed by atoms with van der Waals surface area (Å²) in [7, 11) is 0. The fourth-order valence-corrected chi connectivity index (χ4v) is 3.02. The summed E-state index contributed by atoms with van der Waals surface area (Å²) >= 11 is 3.37. The zero-order valence-electron chi connectivity index (χ0n) is 10.9. The lowest BCUT2D eigenvalue weighted by molar-refractivity contribution is 0.189. The molecule has 1 heterocycles. The van der Waals surface area contributed by atoms with E-state index in [-0.39, 0.29) is 5.82 Å². The van der Waals surface area contributed by atoms with Crippen molar-refractivity contribution in [3.63, 3.8) is 0 Å². The Hall–Kier alpha value is -1.39. The van der Waals surface area contributed by atoms with Crippen molar-refractivity contribution < 1.29 is 9.13 Å². The largest absolute Gasteiger partial charge is 0.491 e. The summed E-state index contributed by atoms with van der Waals surface area (Å²) in [5.41, 5.74) is 7.54. The molecule has 2 aromatic rings. The monoisotopic (exact) mass is 335 g/mol. The zero-order valence-corrected chi connectivity index (χ0v) is 12.5. The van der Waals surface area contributed by atoms with Crippen molar-refractivity contribution in [2.75, 3.05) is 6.61 Å². The van der Waals surface area contributed by atoms with Crippen molar-refractivity contribution in [2.24, 2.45) is 5.73 Å². The van der Waals surface area contributed by atoms with Crippen LogP contribution in [0.4, 0.5) is 4.39 Å². The van der Waals surface area contributed by atoms with E-state index in [9.17, 15) is 4.39 Å². The van der Waals surface area contributed by atoms with Crippen molar-refractivity contribution in [3.8, 4) is 5.75 Å². The molecule has 0 bridgehead atoms. The molecule has 0 saturated heterocycles. The Labute approximate surface area is 125 Å². The van der Waals surface area contributed by atoms with Gasteiger partial charge in [0, 0.05) is 4.47 Å². The third-order valence-electron chi connectivity index (χ3n) is 3.58. The Morgan fingerprint density at radius 3 is 2.90 bits per heavy atom. The molecule has 2 aromatic carbocycles. The fourth-order valence-electron chi connectivity index (χ4n) is 2.61. The molecule has 20 heavy (non-hydrogen) atoms. The van der Waals surface area contributed by atoms with E-state index in [0.29, 0.717) is 25.0 Å². The van der Waals surface area contributed by atoms with Crippen LogP contribution in [0.5, 0.6) is 5.75 Å². The Morgan fingerprint density at radius 1 is 1.25 bits per heavy atom. The number of halogens is 2. The highest BCUT2D eigenvalue weighted by Gasteiger charge is 2.32. The van der Waals surface area contributed by atoms with Crippen LogP contribution in [-0.4, -0.2) is 12.1 Å². The van der Waals surface area contributed by atoms with E-state index in [1.54, 1.807) is 12.1 Å². The minimum atomic E-state index is -0.573. The Kier molecular flexibility index (Phi) is 3.52. The first-order valence-electron chi connectivity index (χ1n) is 6.49. The number of hydrogen-bond acceptors (Lipinski definition) is 2. The van der Waals surface area contributed by atoms with E-state index in [2.05, 4.69) is 15.9 Å². The molecule has 1 unspecified atom stereocenters. The second-order valence-corrected chi connectivity index (χ2v) is 6.26. The molecule has 1 atom stereocenters. The third kappa shape index (κ3) is 2.72. The molecule has 4 heteroatoms. The Balaban J connectivity index is 1.86. The molecule has 0 spiro atoms. The van der Waals surface area contributed by atoms with Crippen molar-refractivity contribution in [1.29, 1.82) is 0 Å². The molecular weight excluding hydrogens is 321 g/mol.